The van der Waals surface area contributed by atoms with Crippen LogP contribution in [0.15, 0.2) is 53.5 Å². The highest BCUT2D eigenvalue weighted by atomic mass is 127. The first-order valence-electron chi connectivity index (χ1n) is 8.02. The smallest absolute Gasteiger partial charge is 0.0661 e. The maximum atomic E-state index is 4.72. The zero-order valence-electron chi connectivity index (χ0n) is 14.5. The van der Waals surface area contributed by atoms with Crippen LogP contribution >= 0.6 is 22.6 Å². The molecule has 3 aromatic rings. The van der Waals surface area contributed by atoms with Gasteiger partial charge in [-0.3, -0.25) is 4.99 Å². The van der Waals surface area contributed by atoms with Crippen molar-refractivity contribution in [3.63, 3.8) is 0 Å². The Morgan fingerprint density at radius 3 is 2.33 bits per heavy atom. The number of hydrogen-bond donors (Lipinski definition) is 0. The van der Waals surface area contributed by atoms with Crippen LogP contribution in [-0.4, -0.2) is 10.8 Å². The second kappa shape index (κ2) is 6.93. The van der Waals surface area contributed by atoms with Crippen LogP contribution < -0.4 is 0 Å². The van der Waals surface area contributed by atoms with E-state index < -0.39 is 0 Å². The van der Waals surface area contributed by atoms with E-state index in [4.69, 9.17) is 4.99 Å². The van der Waals surface area contributed by atoms with Crippen molar-refractivity contribution in [2.75, 3.05) is 0 Å². The van der Waals surface area contributed by atoms with Gasteiger partial charge in [0.25, 0.3) is 0 Å². The molecule has 0 N–H and O–H groups in total. The van der Waals surface area contributed by atoms with Crippen LogP contribution in [0.5, 0.6) is 0 Å². The Kier molecular flexibility index (Phi) is 4.90. The molecule has 0 aliphatic rings. The van der Waals surface area contributed by atoms with Gasteiger partial charge in [-0.1, -0.05) is 12.1 Å². The molecule has 0 amide bonds. The van der Waals surface area contributed by atoms with Crippen molar-refractivity contribution in [1.29, 1.82) is 0 Å². The van der Waals surface area contributed by atoms with Crippen LogP contribution in [0.4, 0.5) is 5.69 Å². The third-order valence-corrected chi connectivity index (χ3v) is 4.98. The van der Waals surface area contributed by atoms with Gasteiger partial charge in [0, 0.05) is 32.4 Å². The van der Waals surface area contributed by atoms with Gasteiger partial charge in [-0.05, 0) is 97.8 Å². The fourth-order valence-electron chi connectivity index (χ4n) is 2.90. The highest BCUT2D eigenvalue weighted by Gasteiger charge is 2.09. The first kappa shape index (κ1) is 17.0. The summed E-state index contributed by atoms with van der Waals surface area (Å²) in [6.45, 7) is 8.48. The predicted molar refractivity (Wildman–Crippen MR) is 111 cm³/mol. The van der Waals surface area contributed by atoms with E-state index in [-0.39, 0.29) is 0 Å². The molecule has 0 fully saturated rings. The molecule has 1 aromatic heterocycles. The van der Waals surface area contributed by atoms with E-state index in [1.807, 2.05) is 6.21 Å². The van der Waals surface area contributed by atoms with Gasteiger partial charge in [-0.15, -0.1) is 0 Å². The lowest BCUT2D eigenvalue weighted by Crippen LogP contribution is -1.99. The van der Waals surface area contributed by atoms with Crippen LogP contribution in [0, 0.1) is 31.3 Å². The Bertz CT molecular complexity index is 902. The lowest BCUT2D eigenvalue weighted by Gasteiger charge is -2.09. The zero-order valence-corrected chi connectivity index (χ0v) is 16.6. The largest absolute Gasteiger partial charge is 0.318 e. The lowest BCUT2D eigenvalue weighted by molar-refractivity contribution is 0.964. The van der Waals surface area contributed by atoms with Crippen molar-refractivity contribution in [3.8, 4) is 5.69 Å². The summed E-state index contributed by atoms with van der Waals surface area (Å²) in [4.78, 5) is 4.72. The molecule has 0 unspecified atom stereocenters. The van der Waals surface area contributed by atoms with Crippen LogP contribution in [-0.2, 0) is 0 Å². The predicted octanol–water partition coefficient (Wildman–Crippen LogP) is 6.07. The molecule has 0 saturated heterocycles. The van der Waals surface area contributed by atoms with Crippen LogP contribution in [0.3, 0.4) is 0 Å². The third kappa shape index (κ3) is 3.46. The molecule has 1 heterocycles. The van der Waals surface area contributed by atoms with E-state index in [2.05, 4.69) is 103 Å². The maximum absolute atomic E-state index is 4.72. The number of hydrogen-bond acceptors (Lipinski definition) is 1. The van der Waals surface area contributed by atoms with E-state index in [0.29, 0.717) is 0 Å². The summed E-state index contributed by atoms with van der Waals surface area (Å²) in [6, 6.07) is 17.2. The minimum absolute atomic E-state index is 1.04. The number of aryl methyl sites for hydroxylation is 3. The van der Waals surface area contributed by atoms with Gasteiger partial charge >= 0.3 is 0 Å². The van der Waals surface area contributed by atoms with Crippen LogP contribution in [0.1, 0.15) is 28.1 Å². The minimum atomic E-state index is 1.04. The summed E-state index contributed by atoms with van der Waals surface area (Å²) < 4.78 is 3.52. The van der Waals surface area contributed by atoms with Crippen molar-refractivity contribution >= 4 is 34.5 Å². The molecular formula is C21H21IN2. The fraction of sp³-hybridized carbons (Fsp3) is 0.190. The number of rotatable bonds is 3. The summed E-state index contributed by atoms with van der Waals surface area (Å²) in [5.74, 6) is 0. The molecule has 0 spiro atoms. The Morgan fingerprint density at radius 1 is 0.917 bits per heavy atom. The Labute approximate surface area is 157 Å². The number of halogens is 1. The maximum Gasteiger partial charge on any atom is 0.0661 e. The Morgan fingerprint density at radius 2 is 1.62 bits per heavy atom. The van der Waals surface area contributed by atoms with Gasteiger partial charge in [-0.2, -0.15) is 0 Å². The van der Waals surface area contributed by atoms with Crippen LogP contribution in [0.2, 0.25) is 0 Å². The van der Waals surface area contributed by atoms with Crippen LogP contribution in [0.25, 0.3) is 5.69 Å². The number of aliphatic imine (C=N–C) groups is 1. The zero-order chi connectivity index (χ0) is 17.3. The first-order valence-corrected chi connectivity index (χ1v) is 9.10. The van der Waals surface area contributed by atoms with Gasteiger partial charge in [0.1, 0.15) is 0 Å². The molecule has 3 rings (SSSR count). The molecule has 3 heteroatoms. The van der Waals surface area contributed by atoms with E-state index in [0.717, 1.165) is 11.3 Å². The standard InChI is InChI=1S/C21H21IN2/c1-14-5-6-15(2)21(11-14)23-13-18-12-16(3)24(17(18)4)20-9-7-19(22)8-10-20/h5-13H,1-4H3. The first-order chi connectivity index (χ1) is 11.5. The highest BCUT2D eigenvalue weighted by molar-refractivity contribution is 14.1. The van der Waals surface area contributed by atoms with Crippen molar-refractivity contribution in [2.24, 2.45) is 4.99 Å². The molecule has 2 nitrogen and oxygen atoms in total. The van der Waals surface area contributed by atoms with Gasteiger partial charge in [0.05, 0.1) is 5.69 Å². The second-order valence-electron chi connectivity index (χ2n) is 6.19. The summed E-state index contributed by atoms with van der Waals surface area (Å²) in [6.07, 6.45) is 1.98. The highest BCUT2D eigenvalue weighted by Crippen LogP contribution is 2.23. The van der Waals surface area contributed by atoms with Crippen molar-refractivity contribution < 1.29 is 0 Å². The number of nitrogens with zero attached hydrogens (tertiary/aromatic N) is 2. The van der Waals surface area contributed by atoms with Gasteiger partial charge in [0.15, 0.2) is 0 Å². The van der Waals surface area contributed by atoms with E-state index in [9.17, 15) is 0 Å². The summed E-state index contributed by atoms with van der Waals surface area (Å²) in [7, 11) is 0. The second-order valence-corrected chi connectivity index (χ2v) is 7.43. The van der Waals surface area contributed by atoms with E-state index in [1.54, 1.807) is 0 Å². The summed E-state index contributed by atoms with van der Waals surface area (Å²) in [5.41, 5.74) is 8.25. The van der Waals surface area contributed by atoms with E-state index >= 15 is 0 Å². The SMILES string of the molecule is Cc1ccc(C)c(N=Cc2cc(C)n(-c3ccc(I)cc3)c2C)c1. The molecule has 0 atom stereocenters. The molecular weight excluding hydrogens is 407 g/mol. The Balaban J connectivity index is 1.98. The fourth-order valence-corrected chi connectivity index (χ4v) is 3.26. The molecule has 0 saturated carbocycles. The summed E-state index contributed by atoms with van der Waals surface area (Å²) >= 11 is 2.33. The van der Waals surface area contributed by atoms with Gasteiger partial charge in [0.2, 0.25) is 0 Å². The lowest BCUT2D eigenvalue weighted by atomic mass is 10.1. The molecule has 0 aliphatic carbocycles. The third-order valence-electron chi connectivity index (χ3n) is 4.26. The van der Waals surface area contributed by atoms with Crippen molar-refractivity contribution in [2.45, 2.75) is 27.7 Å². The van der Waals surface area contributed by atoms with E-state index in [1.165, 1.54) is 31.8 Å². The Hall–Kier alpha value is -1.88. The number of benzene rings is 2. The normalized spacial score (nSPS) is 11.4. The molecule has 2 aromatic carbocycles. The quantitative estimate of drug-likeness (QED) is 0.356. The topological polar surface area (TPSA) is 17.3 Å². The molecule has 24 heavy (non-hydrogen) atoms. The minimum Gasteiger partial charge on any atom is -0.318 e. The molecule has 122 valence electrons. The average Bonchev–Trinajstić information content (AvgIpc) is 2.83. The molecule has 0 radical (unpaired) electrons. The van der Waals surface area contributed by atoms with Crippen molar-refractivity contribution in [3.05, 3.63) is 80.2 Å². The molecule has 0 aliphatic heterocycles. The molecule has 0 bridgehead atoms. The van der Waals surface area contributed by atoms with Crippen molar-refractivity contribution in [1.82, 2.24) is 4.57 Å². The number of aromatic nitrogens is 1. The van der Waals surface area contributed by atoms with Gasteiger partial charge < -0.3 is 4.57 Å². The summed E-state index contributed by atoms with van der Waals surface area (Å²) in [5, 5.41) is 0. The average molecular weight is 428 g/mol. The van der Waals surface area contributed by atoms with Gasteiger partial charge in [-0.25, -0.2) is 0 Å². The monoisotopic (exact) mass is 428 g/mol.